The number of nitrogens with zero attached hydrogens (tertiary/aromatic N) is 3. The van der Waals surface area contributed by atoms with Crippen LogP contribution in [0.25, 0.3) is 17.2 Å². The van der Waals surface area contributed by atoms with E-state index in [1.54, 1.807) is 0 Å². The van der Waals surface area contributed by atoms with Crippen LogP contribution >= 0.6 is 0 Å². The molecule has 3 aliphatic heterocycles. The van der Waals surface area contributed by atoms with Crippen LogP contribution in [0.1, 0.15) is 60.7 Å². The van der Waals surface area contributed by atoms with Gasteiger partial charge in [-0.2, -0.15) is 0 Å². The van der Waals surface area contributed by atoms with E-state index in [0.717, 1.165) is 41.9 Å². The number of fused-ring (bicyclic) bond motifs is 2. The quantitative estimate of drug-likeness (QED) is 0.438. The second kappa shape index (κ2) is 10.1. The number of benzene rings is 3. The molecular formula is C34H36N4O2. The van der Waals surface area contributed by atoms with Gasteiger partial charge < -0.3 is 15.5 Å². The van der Waals surface area contributed by atoms with Crippen molar-refractivity contribution in [2.45, 2.75) is 46.7 Å². The second-order valence-corrected chi connectivity index (χ2v) is 12.3. The van der Waals surface area contributed by atoms with E-state index in [9.17, 15) is 9.59 Å². The molecule has 6 rings (SSSR count). The first-order chi connectivity index (χ1) is 19.2. The summed E-state index contributed by atoms with van der Waals surface area (Å²) in [5, 5.41) is 0. The standard InChI is InChI=1S/C34H36N4O2/c1-34(2,3)29-14-15-37(21-29)32(39)23-10-8-22(9-11-23)24-12-13-25-16-28(18-31(35)36-30(25)17-24)33(40)38-19-26-6-4-5-7-27(26)20-38/h4-13,16-17,29H,14-15,18-21H2,1-3H3,(H2,35,36). The van der Waals surface area contributed by atoms with E-state index >= 15 is 0 Å². The van der Waals surface area contributed by atoms with Crippen molar-refractivity contribution in [1.82, 2.24) is 9.80 Å². The van der Waals surface area contributed by atoms with E-state index in [2.05, 4.69) is 37.9 Å². The lowest BCUT2D eigenvalue weighted by atomic mass is 9.80. The molecule has 0 saturated carbocycles. The largest absolute Gasteiger partial charge is 0.387 e. The topological polar surface area (TPSA) is 79.0 Å². The van der Waals surface area contributed by atoms with Gasteiger partial charge in [-0.15, -0.1) is 0 Å². The van der Waals surface area contributed by atoms with Gasteiger partial charge in [0, 0.05) is 49.3 Å². The molecule has 0 spiro atoms. The van der Waals surface area contributed by atoms with Crippen molar-refractivity contribution < 1.29 is 9.59 Å². The minimum Gasteiger partial charge on any atom is -0.387 e. The molecule has 204 valence electrons. The summed E-state index contributed by atoms with van der Waals surface area (Å²) in [6, 6.07) is 22.0. The van der Waals surface area contributed by atoms with Gasteiger partial charge in [0.2, 0.25) is 0 Å². The van der Waals surface area contributed by atoms with Gasteiger partial charge >= 0.3 is 0 Å². The van der Waals surface area contributed by atoms with E-state index in [4.69, 9.17) is 5.73 Å². The minimum atomic E-state index is -0.00152. The highest BCUT2D eigenvalue weighted by Crippen LogP contribution is 2.35. The van der Waals surface area contributed by atoms with Crippen molar-refractivity contribution >= 4 is 29.4 Å². The first-order valence-electron chi connectivity index (χ1n) is 14.1. The SMILES string of the molecule is CC(C)(C)C1CCN(C(=O)c2ccc(-c3ccc4c(c3)N=C(N)CC(C(=O)N3Cc5ccccc5C3)=C4)cc2)C1. The number of likely N-dealkylation sites (tertiary alicyclic amines) is 1. The molecule has 6 nitrogen and oxygen atoms in total. The number of nitrogens with two attached hydrogens (primary N) is 1. The first-order valence-corrected chi connectivity index (χ1v) is 14.1. The Bertz CT molecular complexity index is 1520. The molecule has 2 amide bonds. The summed E-state index contributed by atoms with van der Waals surface area (Å²) < 4.78 is 0. The lowest BCUT2D eigenvalue weighted by molar-refractivity contribution is -0.127. The summed E-state index contributed by atoms with van der Waals surface area (Å²) in [6.07, 6.45) is 3.30. The van der Waals surface area contributed by atoms with Gasteiger partial charge in [0.25, 0.3) is 11.8 Å². The molecule has 3 aliphatic rings. The summed E-state index contributed by atoms with van der Waals surface area (Å²) in [5.74, 6) is 1.05. The summed E-state index contributed by atoms with van der Waals surface area (Å²) in [7, 11) is 0. The molecule has 40 heavy (non-hydrogen) atoms. The number of carbonyl (C=O) groups is 2. The third kappa shape index (κ3) is 5.06. The number of amidine groups is 1. The molecule has 0 aliphatic carbocycles. The molecule has 0 bridgehead atoms. The van der Waals surface area contributed by atoms with Crippen LogP contribution in [-0.2, 0) is 17.9 Å². The highest BCUT2D eigenvalue weighted by atomic mass is 16.2. The second-order valence-electron chi connectivity index (χ2n) is 12.3. The molecule has 3 aromatic rings. The molecule has 1 saturated heterocycles. The number of carbonyl (C=O) groups excluding carboxylic acids is 2. The summed E-state index contributed by atoms with van der Waals surface area (Å²) >= 11 is 0. The molecule has 1 atom stereocenters. The number of aliphatic imine (C=N–C) groups is 1. The Morgan fingerprint density at radius 3 is 2.20 bits per heavy atom. The average Bonchev–Trinajstić information content (AvgIpc) is 3.57. The number of hydrogen-bond donors (Lipinski definition) is 1. The lowest BCUT2D eigenvalue weighted by Crippen LogP contribution is -2.31. The fourth-order valence-electron chi connectivity index (χ4n) is 6.03. The maximum Gasteiger partial charge on any atom is 0.253 e. The Hall–Kier alpha value is -4.19. The highest BCUT2D eigenvalue weighted by Gasteiger charge is 2.34. The summed E-state index contributed by atoms with van der Waals surface area (Å²) in [6.45, 7) is 9.61. The van der Waals surface area contributed by atoms with Crippen molar-refractivity contribution in [1.29, 1.82) is 0 Å². The van der Waals surface area contributed by atoms with Crippen LogP contribution in [0.15, 0.2) is 77.3 Å². The lowest BCUT2D eigenvalue weighted by Gasteiger charge is -2.27. The third-order valence-corrected chi connectivity index (χ3v) is 8.56. The van der Waals surface area contributed by atoms with Gasteiger partial charge in [-0.3, -0.25) is 9.59 Å². The van der Waals surface area contributed by atoms with Crippen molar-refractivity contribution in [2.75, 3.05) is 13.1 Å². The Labute approximate surface area is 236 Å². The molecular weight excluding hydrogens is 496 g/mol. The average molecular weight is 533 g/mol. The van der Waals surface area contributed by atoms with Crippen molar-refractivity contribution in [3.05, 3.63) is 94.6 Å². The van der Waals surface area contributed by atoms with E-state index in [1.165, 1.54) is 11.1 Å². The molecule has 0 aromatic heterocycles. The Morgan fingerprint density at radius 1 is 0.875 bits per heavy atom. The highest BCUT2D eigenvalue weighted by molar-refractivity contribution is 6.05. The zero-order valence-corrected chi connectivity index (χ0v) is 23.5. The molecule has 0 radical (unpaired) electrons. The number of hydrogen-bond acceptors (Lipinski definition) is 4. The smallest absolute Gasteiger partial charge is 0.253 e. The number of rotatable bonds is 3. The third-order valence-electron chi connectivity index (χ3n) is 8.56. The van der Waals surface area contributed by atoms with Gasteiger partial charge in [-0.05, 0) is 64.3 Å². The summed E-state index contributed by atoms with van der Waals surface area (Å²) in [4.78, 5) is 35.1. The van der Waals surface area contributed by atoms with Crippen molar-refractivity contribution in [2.24, 2.45) is 22.1 Å². The van der Waals surface area contributed by atoms with Gasteiger partial charge in [0.15, 0.2) is 0 Å². The van der Waals surface area contributed by atoms with Gasteiger partial charge in [0.05, 0.1) is 5.69 Å². The molecule has 3 heterocycles. The van der Waals surface area contributed by atoms with Crippen molar-refractivity contribution in [3.8, 4) is 11.1 Å². The van der Waals surface area contributed by atoms with Gasteiger partial charge in [-0.25, -0.2) is 4.99 Å². The molecule has 3 aromatic carbocycles. The molecule has 1 fully saturated rings. The van der Waals surface area contributed by atoms with E-state index < -0.39 is 0 Å². The fraction of sp³-hybridized carbons (Fsp3) is 0.324. The number of amides is 2. The fourth-order valence-corrected chi connectivity index (χ4v) is 6.03. The summed E-state index contributed by atoms with van der Waals surface area (Å²) in [5.41, 5.74) is 13.9. The zero-order chi connectivity index (χ0) is 28.0. The van der Waals surface area contributed by atoms with Gasteiger partial charge in [0.1, 0.15) is 5.84 Å². The predicted octanol–water partition coefficient (Wildman–Crippen LogP) is 6.18. The van der Waals surface area contributed by atoms with Crippen LogP contribution in [-0.4, -0.2) is 40.5 Å². The minimum absolute atomic E-state index is 0.00152. The maximum atomic E-state index is 13.4. The first kappa shape index (κ1) is 26.1. The zero-order valence-electron chi connectivity index (χ0n) is 23.5. The van der Waals surface area contributed by atoms with Crippen LogP contribution in [0, 0.1) is 11.3 Å². The molecule has 1 unspecified atom stereocenters. The normalized spacial score (nSPS) is 18.5. The Balaban J connectivity index is 1.19. The molecule has 2 N–H and O–H groups in total. The van der Waals surface area contributed by atoms with E-state index in [1.807, 2.05) is 70.5 Å². The van der Waals surface area contributed by atoms with Crippen LogP contribution in [0.3, 0.4) is 0 Å². The predicted molar refractivity (Wildman–Crippen MR) is 160 cm³/mol. The van der Waals surface area contributed by atoms with Gasteiger partial charge in [-0.1, -0.05) is 69.3 Å². The van der Waals surface area contributed by atoms with Crippen LogP contribution in [0.4, 0.5) is 5.69 Å². The monoisotopic (exact) mass is 532 g/mol. The van der Waals surface area contributed by atoms with Crippen molar-refractivity contribution in [3.63, 3.8) is 0 Å². The van der Waals surface area contributed by atoms with E-state index in [0.29, 0.717) is 42.4 Å². The van der Waals surface area contributed by atoms with Crippen LogP contribution in [0.5, 0.6) is 0 Å². The van der Waals surface area contributed by atoms with Crippen LogP contribution < -0.4 is 5.73 Å². The molecule has 6 heteroatoms. The Kier molecular flexibility index (Phi) is 6.57. The van der Waals surface area contributed by atoms with E-state index in [-0.39, 0.29) is 17.2 Å². The van der Waals surface area contributed by atoms with Crippen LogP contribution in [0.2, 0.25) is 0 Å². The maximum absolute atomic E-state index is 13.4. The Morgan fingerprint density at radius 2 is 1.55 bits per heavy atom.